The van der Waals surface area contributed by atoms with Gasteiger partial charge in [-0.05, 0) is 58.9 Å². The maximum Gasteiger partial charge on any atom is 0.311 e. The van der Waals surface area contributed by atoms with Crippen molar-refractivity contribution in [2.45, 2.75) is 77.3 Å². The first-order valence-corrected chi connectivity index (χ1v) is 11.5. The van der Waals surface area contributed by atoms with Gasteiger partial charge in [-0.15, -0.1) is 0 Å². The number of aromatic nitrogens is 4. The van der Waals surface area contributed by atoms with E-state index in [1.165, 1.54) is 12.0 Å². The summed E-state index contributed by atoms with van der Waals surface area (Å²) in [5.41, 5.74) is -0.443. The first-order chi connectivity index (χ1) is 14.5. The lowest BCUT2D eigenvalue weighted by molar-refractivity contribution is -0.153. The second kappa shape index (κ2) is 13.4. The smallest absolute Gasteiger partial charge is 0.311 e. The number of ether oxygens (including phenoxy) is 1. The van der Waals surface area contributed by atoms with Gasteiger partial charge in [-0.3, -0.25) is 4.79 Å². The molecular weight excluding hydrogens is 400 g/mol. The normalized spacial score (nSPS) is 11.6. The molecule has 0 saturated carbocycles. The van der Waals surface area contributed by atoms with Crippen molar-refractivity contribution >= 4 is 18.0 Å². The molecule has 0 aliphatic rings. The van der Waals surface area contributed by atoms with Crippen LogP contribution in [0.2, 0.25) is 0 Å². The van der Waals surface area contributed by atoms with Crippen LogP contribution in [0.1, 0.15) is 65.1 Å². The second-order valence-electron chi connectivity index (χ2n) is 7.89. The van der Waals surface area contributed by atoms with E-state index in [9.17, 15) is 4.79 Å². The number of esters is 1. The molecule has 0 aromatic carbocycles. The van der Waals surface area contributed by atoms with Crippen LogP contribution in [-0.4, -0.2) is 38.7 Å². The van der Waals surface area contributed by atoms with Gasteiger partial charge in [0.05, 0.1) is 25.0 Å². The quantitative estimate of drug-likeness (QED) is 0.171. The van der Waals surface area contributed by atoms with Crippen molar-refractivity contribution in [1.29, 1.82) is 0 Å². The number of rotatable bonds is 15. The van der Waals surface area contributed by atoms with Gasteiger partial charge in [-0.2, -0.15) is 0 Å². The molecule has 2 aromatic rings. The van der Waals surface area contributed by atoms with Crippen molar-refractivity contribution in [1.82, 2.24) is 19.5 Å². The Balaban J connectivity index is 1.58. The van der Waals surface area contributed by atoms with Gasteiger partial charge in [0.15, 0.2) is 0 Å². The second-order valence-corrected chi connectivity index (χ2v) is 8.71. The fourth-order valence-corrected chi connectivity index (χ4v) is 3.56. The van der Waals surface area contributed by atoms with E-state index >= 15 is 0 Å². The highest BCUT2D eigenvalue weighted by Gasteiger charge is 2.28. The van der Waals surface area contributed by atoms with Gasteiger partial charge in [0.2, 0.25) is 0 Å². The fraction of sp³-hybridized carbons (Fsp3) is 0.636. The van der Waals surface area contributed by atoms with E-state index in [4.69, 9.17) is 8.92 Å². The van der Waals surface area contributed by atoms with Crippen LogP contribution in [0.15, 0.2) is 36.0 Å². The summed E-state index contributed by atoms with van der Waals surface area (Å²) in [6, 6.07) is 1.87. The first kappa shape index (κ1) is 24.3. The molecule has 0 amide bonds. The number of nitrogens with zero attached hydrogens (tertiary/aromatic N) is 4. The number of imidazole rings is 1. The standard InChI is InChI=1S/C22H34N4O3S/c1-4-28-21(27)22(2,3)12-7-6-10-19-24-13-11-20(25-19)30-29-17-9-5-8-15-26-16-14-23-18-26/h11,13-14,16,18H,4-10,12,15,17H2,1-3H3. The van der Waals surface area contributed by atoms with Gasteiger partial charge in [0.1, 0.15) is 10.9 Å². The topological polar surface area (TPSA) is 79.1 Å². The van der Waals surface area contributed by atoms with Crippen LogP contribution >= 0.6 is 12.0 Å². The lowest BCUT2D eigenvalue weighted by atomic mass is 9.87. The summed E-state index contributed by atoms with van der Waals surface area (Å²) in [5, 5.41) is 0.838. The molecule has 0 aliphatic carbocycles. The highest BCUT2D eigenvalue weighted by molar-refractivity contribution is 7.94. The molecule has 0 aliphatic heterocycles. The molecule has 2 rings (SSSR count). The lowest BCUT2D eigenvalue weighted by Crippen LogP contribution is -2.26. The Labute approximate surface area is 184 Å². The molecule has 0 saturated heterocycles. The molecule has 0 atom stereocenters. The minimum atomic E-state index is -0.443. The van der Waals surface area contributed by atoms with Gasteiger partial charge in [0.25, 0.3) is 0 Å². The summed E-state index contributed by atoms with van der Waals surface area (Å²) in [7, 11) is 0. The summed E-state index contributed by atoms with van der Waals surface area (Å²) < 4.78 is 12.9. The number of hydrogen-bond acceptors (Lipinski definition) is 7. The first-order valence-electron chi connectivity index (χ1n) is 10.8. The van der Waals surface area contributed by atoms with E-state index in [0.717, 1.165) is 62.3 Å². The Morgan fingerprint density at radius 1 is 1.17 bits per heavy atom. The van der Waals surface area contributed by atoms with Gasteiger partial charge in [-0.25, -0.2) is 15.0 Å². The third-order valence-electron chi connectivity index (χ3n) is 4.81. The Kier molecular flexibility index (Phi) is 10.9. The number of hydrogen-bond donors (Lipinski definition) is 0. The minimum absolute atomic E-state index is 0.126. The van der Waals surface area contributed by atoms with Crippen LogP contribution in [0.25, 0.3) is 0 Å². The minimum Gasteiger partial charge on any atom is -0.466 e. The Morgan fingerprint density at radius 2 is 2.03 bits per heavy atom. The van der Waals surface area contributed by atoms with Crippen LogP contribution in [0, 0.1) is 5.41 Å². The van der Waals surface area contributed by atoms with Gasteiger partial charge >= 0.3 is 5.97 Å². The van der Waals surface area contributed by atoms with E-state index in [1.807, 2.05) is 39.4 Å². The van der Waals surface area contributed by atoms with Crippen molar-refractivity contribution < 1.29 is 13.7 Å². The third kappa shape index (κ3) is 9.26. The van der Waals surface area contributed by atoms with E-state index in [-0.39, 0.29) is 5.97 Å². The molecule has 0 bridgehead atoms. The van der Waals surface area contributed by atoms with Crippen LogP contribution in [0.5, 0.6) is 0 Å². The summed E-state index contributed by atoms with van der Waals surface area (Å²) in [4.78, 5) is 24.9. The van der Waals surface area contributed by atoms with Crippen molar-refractivity contribution in [3.8, 4) is 0 Å². The van der Waals surface area contributed by atoms with Crippen LogP contribution in [0.4, 0.5) is 0 Å². The number of unbranched alkanes of at least 4 members (excludes halogenated alkanes) is 3. The molecular formula is C22H34N4O3S. The van der Waals surface area contributed by atoms with Crippen molar-refractivity contribution in [2.75, 3.05) is 13.2 Å². The summed E-state index contributed by atoms with van der Waals surface area (Å²) >= 11 is 1.32. The molecule has 8 heteroatoms. The Bertz CT molecular complexity index is 738. The maximum absolute atomic E-state index is 11.9. The van der Waals surface area contributed by atoms with Crippen LogP contribution in [-0.2, 0) is 26.7 Å². The highest BCUT2D eigenvalue weighted by atomic mass is 32.2. The zero-order chi connectivity index (χ0) is 21.7. The number of carbonyl (C=O) groups excluding carboxylic acids is 1. The lowest BCUT2D eigenvalue weighted by Gasteiger charge is -2.21. The predicted octanol–water partition coefficient (Wildman–Crippen LogP) is 4.87. The molecule has 166 valence electrons. The van der Waals surface area contributed by atoms with Gasteiger partial charge < -0.3 is 13.5 Å². The fourth-order valence-electron chi connectivity index (χ4n) is 2.98. The zero-order valence-electron chi connectivity index (χ0n) is 18.4. The average Bonchev–Trinajstić information content (AvgIpc) is 3.24. The van der Waals surface area contributed by atoms with Gasteiger partial charge in [0, 0.05) is 43.6 Å². The van der Waals surface area contributed by atoms with Crippen LogP contribution in [0.3, 0.4) is 0 Å². The monoisotopic (exact) mass is 434 g/mol. The summed E-state index contributed by atoms with van der Waals surface area (Å²) in [5.74, 6) is 0.691. The maximum atomic E-state index is 11.9. The zero-order valence-corrected chi connectivity index (χ0v) is 19.2. The van der Waals surface area contributed by atoms with E-state index in [1.54, 1.807) is 12.4 Å². The largest absolute Gasteiger partial charge is 0.466 e. The predicted molar refractivity (Wildman–Crippen MR) is 118 cm³/mol. The van der Waals surface area contributed by atoms with Crippen molar-refractivity contribution in [3.05, 3.63) is 36.8 Å². The highest BCUT2D eigenvalue weighted by Crippen LogP contribution is 2.25. The molecule has 0 radical (unpaired) electrons. The average molecular weight is 435 g/mol. The molecule has 30 heavy (non-hydrogen) atoms. The Morgan fingerprint density at radius 3 is 2.80 bits per heavy atom. The van der Waals surface area contributed by atoms with E-state index < -0.39 is 5.41 Å². The third-order valence-corrected chi connectivity index (χ3v) is 5.49. The van der Waals surface area contributed by atoms with Crippen molar-refractivity contribution in [3.63, 3.8) is 0 Å². The summed E-state index contributed by atoms with van der Waals surface area (Å²) in [6.07, 6.45) is 14.1. The van der Waals surface area contributed by atoms with Gasteiger partial charge in [-0.1, -0.05) is 6.42 Å². The van der Waals surface area contributed by atoms with E-state index in [2.05, 4.69) is 19.5 Å². The summed E-state index contributed by atoms with van der Waals surface area (Å²) in [6.45, 7) is 7.84. The van der Waals surface area contributed by atoms with E-state index in [0.29, 0.717) is 13.2 Å². The molecule has 0 unspecified atom stereocenters. The number of carbonyl (C=O) groups is 1. The molecule has 2 aromatic heterocycles. The molecule has 0 fully saturated rings. The van der Waals surface area contributed by atoms with Crippen molar-refractivity contribution in [2.24, 2.45) is 5.41 Å². The molecule has 2 heterocycles. The molecule has 0 N–H and O–H groups in total. The molecule has 0 spiro atoms. The Hall–Kier alpha value is -1.93. The SMILES string of the molecule is CCOC(=O)C(C)(C)CCCCc1nccc(SOCCCCCn2ccnc2)n1. The molecule has 7 nitrogen and oxygen atoms in total. The number of aryl methyl sites for hydroxylation is 2. The van der Waals surface area contributed by atoms with Crippen LogP contribution < -0.4 is 0 Å².